The monoisotopic (exact) mass is 397 g/mol. The highest BCUT2D eigenvalue weighted by atomic mass is 35.5. The second kappa shape index (κ2) is 8.22. The lowest BCUT2D eigenvalue weighted by molar-refractivity contribution is -0.117. The number of benzene rings is 2. The Morgan fingerprint density at radius 2 is 1.79 bits per heavy atom. The molecule has 3 rings (SSSR count). The number of carbonyl (C=O) groups excluding carboxylic acids is 2. The average Bonchev–Trinajstić information content (AvgIpc) is 3.00. The molecule has 0 saturated carbocycles. The summed E-state index contributed by atoms with van der Waals surface area (Å²) < 4.78 is 1.39. The molecule has 2 aromatic carbocycles. The lowest BCUT2D eigenvalue weighted by atomic mass is 10.1. The smallest absolute Gasteiger partial charge is 0.278 e. The van der Waals surface area contributed by atoms with Gasteiger partial charge >= 0.3 is 0 Å². The normalized spacial score (nSPS) is 10.6. The Hall–Kier alpha value is -3.19. The predicted molar refractivity (Wildman–Crippen MR) is 109 cm³/mol. The van der Waals surface area contributed by atoms with Crippen LogP contribution in [0.3, 0.4) is 0 Å². The molecule has 0 aliphatic heterocycles. The molecule has 28 heavy (non-hydrogen) atoms. The van der Waals surface area contributed by atoms with Crippen LogP contribution in [0, 0.1) is 20.8 Å². The van der Waals surface area contributed by atoms with E-state index in [2.05, 4.69) is 20.9 Å². The number of halogens is 1. The molecule has 0 atom stereocenters. The number of amides is 2. The molecular formula is C20H20ClN5O2. The molecule has 0 unspecified atom stereocenters. The number of nitrogens with zero attached hydrogens (tertiary/aromatic N) is 3. The summed E-state index contributed by atoms with van der Waals surface area (Å²) in [6, 6.07) is 12.7. The van der Waals surface area contributed by atoms with E-state index in [-0.39, 0.29) is 18.1 Å². The summed E-state index contributed by atoms with van der Waals surface area (Å²) in [5, 5.41) is 13.8. The molecule has 0 radical (unpaired) electrons. The van der Waals surface area contributed by atoms with Gasteiger partial charge in [-0.25, -0.2) is 4.68 Å². The minimum Gasteiger partial charge on any atom is -0.324 e. The van der Waals surface area contributed by atoms with E-state index in [1.807, 2.05) is 32.0 Å². The van der Waals surface area contributed by atoms with Gasteiger partial charge in [-0.05, 0) is 50.1 Å². The van der Waals surface area contributed by atoms with Gasteiger partial charge in [0.25, 0.3) is 5.91 Å². The third-order valence-electron chi connectivity index (χ3n) is 4.28. The number of aryl methyl sites for hydroxylation is 2. The average molecular weight is 398 g/mol. The zero-order valence-electron chi connectivity index (χ0n) is 15.8. The minimum absolute atomic E-state index is 0.0500. The maximum atomic E-state index is 12.5. The van der Waals surface area contributed by atoms with Crippen molar-refractivity contribution in [1.29, 1.82) is 0 Å². The molecule has 2 N–H and O–H groups in total. The van der Waals surface area contributed by atoms with Gasteiger partial charge in [0.15, 0.2) is 5.69 Å². The van der Waals surface area contributed by atoms with Gasteiger partial charge in [-0.15, -0.1) is 5.10 Å². The van der Waals surface area contributed by atoms with Crippen molar-refractivity contribution in [3.63, 3.8) is 0 Å². The van der Waals surface area contributed by atoms with E-state index >= 15 is 0 Å². The van der Waals surface area contributed by atoms with E-state index < -0.39 is 5.91 Å². The van der Waals surface area contributed by atoms with Gasteiger partial charge in [0.2, 0.25) is 5.91 Å². The lowest BCUT2D eigenvalue weighted by Crippen LogP contribution is -2.21. The van der Waals surface area contributed by atoms with Gasteiger partial charge in [-0.2, -0.15) is 0 Å². The zero-order valence-corrected chi connectivity index (χ0v) is 16.5. The van der Waals surface area contributed by atoms with Crippen LogP contribution < -0.4 is 10.6 Å². The number of anilines is 2. The molecule has 0 saturated heterocycles. The van der Waals surface area contributed by atoms with Gasteiger partial charge in [0.1, 0.15) is 6.54 Å². The zero-order chi connectivity index (χ0) is 20.3. The van der Waals surface area contributed by atoms with Gasteiger partial charge in [-0.1, -0.05) is 41.1 Å². The van der Waals surface area contributed by atoms with Crippen molar-refractivity contribution in [3.05, 3.63) is 70.0 Å². The maximum absolute atomic E-state index is 12.5. The first kappa shape index (κ1) is 19.6. The SMILES string of the molecule is Cc1ccc(C)c(NC(=O)Cn2nnc(C(=O)Nc3ccccc3Cl)c2C)c1. The molecule has 0 bridgehead atoms. The summed E-state index contributed by atoms with van der Waals surface area (Å²) in [5.74, 6) is -0.688. The lowest BCUT2D eigenvalue weighted by Gasteiger charge is -2.10. The third-order valence-corrected chi connectivity index (χ3v) is 4.61. The van der Waals surface area contributed by atoms with Crippen LogP contribution in [0.5, 0.6) is 0 Å². The van der Waals surface area contributed by atoms with Crippen LogP contribution in [0.1, 0.15) is 27.3 Å². The topological polar surface area (TPSA) is 88.9 Å². The highest BCUT2D eigenvalue weighted by Crippen LogP contribution is 2.21. The summed E-state index contributed by atoms with van der Waals surface area (Å²) in [6.45, 7) is 5.52. The van der Waals surface area contributed by atoms with Crippen LogP contribution in [0.2, 0.25) is 5.02 Å². The molecule has 0 spiro atoms. The summed E-state index contributed by atoms with van der Waals surface area (Å²) in [5.41, 5.74) is 3.88. The van der Waals surface area contributed by atoms with E-state index in [1.165, 1.54) is 4.68 Å². The Kier molecular flexibility index (Phi) is 5.75. The first-order valence-corrected chi connectivity index (χ1v) is 9.06. The maximum Gasteiger partial charge on any atom is 0.278 e. The quantitative estimate of drug-likeness (QED) is 0.686. The Balaban J connectivity index is 1.70. The molecular weight excluding hydrogens is 378 g/mol. The fourth-order valence-corrected chi connectivity index (χ4v) is 2.84. The first-order valence-electron chi connectivity index (χ1n) is 8.68. The van der Waals surface area contributed by atoms with Gasteiger partial charge in [-0.3, -0.25) is 9.59 Å². The standard InChI is InChI=1S/C20H20ClN5O2/c1-12-8-9-13(2)17(10-12)22-18(27)11-26-14(3)19(24-25-26)20(28)23-16-7-5-4-6-15(16)21/h4-10H,11H2,1-3H3,(H,22,27)(H,23,28). The summed E-state index contributed by atoms with van der Waals surface area (Å²) >= 11 is 6.06. The number of hydrogen-bond acceptors (Lipinski definition) is 4. The number of para-hydroxylation sites is 1. The molecule has 144 valence electrons. The highest BCUT2D eigenvalue weighted by Gasteiger charge is 2.19. The molecule has 7 nitrogen and oxygen atoms in total. The van der Waals surface area contributed by atoms with E-state index in [0.717, 1.165) is 16.8 Å². The van der Waals surface area contributed by atoms with Gasteiger partial charge in [0, 0.05) is 5.69 Å². The summed E-state index contributed by atoms with van der Waals surface area (Å²) in [6.07, 6.45) is 0. The van der Waals surface area contributed by atoms with Crippen LogP contribution in [0.15, 0.2) is 42.5 Å². The molecule has 1 aromatic heterocycles. The molecule has 0 aliphatic rings. The fraction of sp³-hybridized carbons (Fsp3) is 0.200. The molecule has 3 aromatic rings. The Morgan fingerprint density at radius 3 is 2.54 bits per heavy atom. The van der Waals surface area contributed by atoms with Crippen molar-refractivity contribution in [3.8, 4) is 0 Å². The van der Waals surface area contributed by atoms with Crippen LogP contribution >= 0.6 is 11.6 Å². The van der Waals surface area contributed by atoms with Crippen molar-refractivity contribution in [2.45, 2.75) is 27.3 Å². The number of aromatic nitrogens is 3. The fourth-order valence-electron chi connectivity index (χ4n) is 2.66. The van der Waals surface area contributed by atoms with Crippen LogP contribution in [0.4, 0.5) is 11.4 Å². The van der Waals surface area contributed by atoms with E-state index in [1.54, 1.807) is 31.2 Å². The molecule has 0 aliphatic carbocycles. The van der Waals surface area contributed by atoms with Crippen molar-refractivity contribution in [1.82, 2.24) is 15.0 Å². The summed E-state index contributed by atoms with van der Waals surface area (Å²) in [7, 11) is 0. The Labute approximate surface area is 167 Å². The second-order valence-corrected chi connectivity index (χ2v) is 6.89. The third kappa shape index (κ3) is 4.37. The molecule has 0 fully saturated rings. The second-order valence-electron chi connectivity index (χ2n) is 6.48. The predicted octanol–water partition coefficient (Wildman–Crippen LogP) is 3.75. The first-order chi connectivity index (χ1) is 13.3. The van der Waals surface area contributed by atoms with Crippen LogP contribution in [-0.2, 0) is 11.3 Å². The van der Waals surface area contributed by atoms with Crippen molar-refractivity contribution in [2.24, 2.45) is 0 Å². The largest absolute Gasteiger partial charge is 0.324 e. The summed E-state index contributed by atoms with van der Waals surface area (Å²) in [4.78, 5) is 24.9. The van der Waals surface area contributed by atoms with Crippen molar-refractivity contribution >= 4 is 34.8 Å². The van der Waals surface area contributed by atoms with Crippen LogP contribution in [0.25, 0.3) is 0 Å². The van der Waals surface area contributed by atoms with Crippen LogP contribution in [-0.4, -0.2) is 26.8 Å². The Morgan fingerprint density at radius 1 is 1.04 bits per heavy atom. The number of carbonyl (C=O) groups is 2. The molecule has 2 amide bonds. The number of hydrogen-bond donors (Lipinski definition) is 2. The van der Waals surface area contributed by atoms with Crippen molar-refractivity contribution in [2.75, 3.05) is 10.6 Å². The number of nitrogens with one attached hydrogen (secondary N) is 2. The van der Waals surface area contributed by atoms with Crippen molar-refractivity contribution < 1.29 is 9.59 Å². The molecule has 8 heteroatoms. The molecule has 1 heterocycles. The van der Waals surface area contributed by atoms with Gasteiger partial charge < -0.3 is 10.6 Å². The highest BCUT2D eigenvalue weighted by molar-refractivity contribution is 6.33. The van der Waals surface area contributed by atoms with Gasteiger partial charge in [0.05, 0.1) is 16.4 Å². The Bertz CT molecular complexity index is 1040. The van der Waals surface area contributed by atoms with E-state index in [0.29, 0.717) is 16.4 Å². The van der Waals surface area contributed by atoms with E-state index in [9.17, 15) is 9.59 Å². The minimum atomic E-state index is -0.438. The van der Waals surface area contributed by atoms with E-state index in [4.69, 9.17) is 11.6 Å². The number of rotatable bonds is 5.